The third-order valence-electron chi connectivity index (χ3n) is 4.62. The molecule has 0 amide bonds. The summed E-state index contributed by atoms with van der Waals surface area (Å²) in [5, 5.41) is 8.98. The highest BCUT2D eigenvalue weighted by Crippen LogP contribution is 2.22. The summed E-state index contributed by atoms with van der Waals surface area (Å²) in [5.74, 6) is -3.44. The Bertz CT molecular complexity index is 747. The Balaban J connectivity index is 5.48. The number of ether oxygens (including phenoxy) is 3. The minimum Gasteiger partial charge on any atom is -0.465 e. The van der Waals surface area contributed by atoms with Crippen molar-refractivity contribution in [2.75, 3.05) is 49.4 Å². The Hall–Kier alpha value is -0.960. The zero-order chi connectivity index (χ0) is 26.2. The molecule has 14 heteroatoms. The molecule has 0 aliphatic rings. The van der Waals surface area contributed by atoms with Crippen molar-refractivity contribution in [3.63, 3.8) is 0 Å². The minimum absolute atomic E-state index is 0.000590. The number of sulfone groups is 1. The highest BCUT2D eigenvalue weighted by atomic mass is 32.2. The predicted molar refractivity (Wildman–Crippen MR) is 135 cm³/mol. The summed E-state index contributed by atoms with van der Waals surface area (Å²) in [4.78, 5) is 48.1. The van der Waals surface area contributed by atoms with E-state index in [9.17, 15) is 32.7 Å². The lowest BCUT2D eigenvalue weighted by Crippen LogP contribution is -2.43. The maximum absolute atomic E-state index is 12.7. The van der Waals surface area contributed by atoms with Gasteiger partial charge in [0, 0.05) is 17.9 Å². The number of carbonyl (C=O) groups is 4. The van der Waals surface area contributed by atoms with Crippen LogP contribution in [0.1, 0.15) is 39.0 Å². The SMILES string of the molecule is CCCC(CS(=O)(=O)C(=O)CCS)C(=O)OCC(CO)(COC(=O)CCS)COC(=O)CCS. The standard InChI is InChI=1S/C20H34O10S4/c1-2-3-15(10-34(26,27)18(24)6-9-33)19(25)30-14-20(11-21,12-28-16(22)4-7-31)13-29-17(23)5-8-32/h15,21,31-33H,2-14H2,1H3. The van der Waals surface area contributed by atoms with Crippen LogP contribution in [-0.4, -0.2) is 86.0 Å². The van der Waals surface area contributed by atoms with Crippen molar-refractivity contribution in [3.8, 4) is 0 Å². The molecule has 0 aliphatic heterocycles. The monoisotopic (exact) mass is 562 g/mol. The highest BCUT2D eigenvalue weighted by molar-refractivity contribution is 8.06. The van der Waals surface area contributed by atoms with E-state index in [4.69, 9.17) is 14.2 Å². The molecule has 1 unspecified atom stereocenters. The lowest BCUT2D eigenvalue weighted by molar-refractivity contribution is -0.166. The molecule has 0 aromatic heterocycles. The second kappa shape index (κ2) is 17.5. The summed E-state index contributed by atoms with van der Waals surface area (Å²) < 4.78 is 40.1. The Labute approximate surface area is 217 Å². The number of esters is 3. The van der Waals surface area contributed by atoms with Crippen LogP contribution in [0.25, 0.3) is 0 Å². The van der Waals surface area contributed by atoms with Crippen molar-refractivity contribution in [3.05, 3.63) is 0 Å². The number of hydrogen-bond acceptors (Lipinski definition) is 13. The van der Waals surface area contributed by atoms with Crippen molar-refractivity contribution in [2.24, 2.45) is 11.3 Å². The average Bonchev–Trinajstić information content (AvgIpc) is 2.79. The molecule has 1 N–H and O–H groups in total. The first kappa shape index (κ1) is 33.0. The van der Waals surface area contributed by atoms with E-state index in [0.29, 0.717) is 6.42 Å². The first-order chi connectivity index (χ1) is 16.0. The summed E-state index contributed by atoms with van der Waals surface area (Å²) in [5.41, 5.74) is -1.47. The second-order valence-electron chi connectivity index (χ2n) is 7.65. The molecule has 0 heterocycles. The first-order valence-electron chi connectivity index (χ1n) is 10.7. The molecule has 0 radical (unpaired) electrons. The van der Waals surface area contributed by atoms with E-state index in [0.717, 1.165) is 0 Å². The number of hydrogen-bond donors (Lipinski definition) is 4. The molecular formula is C20H34O10S4. The van der Waals surface area contributed by atoms with Crippen LogP contribution in [0.5, 0.6) is 0 Å². The quantitative estimate of drug-likeness (QED) is 0.108. The predicted octanol–water partition coefficient (Wildman–Crippen LogP) is 0.912. The molecule has 0 aromatic rings. The molecule has 0 rings (SSSR count). The number of rotatable bonds is 18. The smallest absolute Gasteiger partial charge is 0.310 e. The molecule has 1 atom stereocenters. The molecular weight excluding hydrogens is 528 g/mol. The van der Waals surface area contributed by atoms with E-state index < -0.39 is 76.4 Å². The lowest BCUT2D eigenvalue weighted by atomic mass is 9.92. The maximum Gasteiger partial charge on any atom is 0.310 e. The van der Waals surface area contributed by atoms with Gasteiger partial charge >= 0.3 is 17.9 Å². The van der Waals surface area contributed by atoms with Gasteiger partial charge in [0.25, 0.3) is 0 Å². The van der Waals surface area contributed by atoms with E-state index in [-0.39, 0.29) is 42.9 Å². The average molecular weight is 563 g/mol. The Morgan fingerprint density at radius 3 is 1.74 bits per heavy atom. The number of aliphatic hydroxyl groups is 1. The molecule has 0 bridgehead atoms. The van der Waals surface area contributed by atoms with Crippen LogP contribution in [0, 0.1) is 11.3 Å². The second-order valence-corrected chi connectivity index (χ2v) is 11.0. The molecule has 34 heavy (non-hydrogen) atoms. The van der Waals surface area contributed by atoms with Crippen LogP contribution in [-0.2, 0) is 43.2 Å². The molecule has 0 spiro atoms. The Kier molecular flexibility index (Phi) is 17.0. The first-order valence-corrected chi connectivity index (χ1v) is 14.2. The fourth-order valence-corrected chi connectivity index (χ4v) is 4.77. The number of aliphatic hydroxyl groups excluding tert-OH is 1. The van der Waals surface area contributed by atoms with Crippen LogP contribution >= 0.6 is 37.9 Å². The van der Waals surface area contributed by atoms with Gasteiger partial charge < -0.3 is 19.3 Å². The van der Waals surface area contributed by atoms with Crippen molar-refractivity contribution in [1.82, 2.24) is 0 Å². The zero-order valence-corrected chi connectivity index (χ0v) is 22.6. The van der Waals surface area contributed by atoms with Crippen molar-refractivity contribution in [1.29, 1.82) is 0 Å². The molecule has 0 saturated carbocycles. The minimum atomic E-state index is -4.19. The van der Waals surface area contributed by atoms with Crippen LogP contribution in [0.4, 0.5) is 0 Å². The van der Waals surface area contributed by atoms with Gasteiger partial charge in [-0.25, -0.2) is 8.42 Å². The van der Waals surface area contributed by atoms with Gasteiger partial charge in [0.15, 0.2) is 0 Å². The van der Waals surface area contributed by atoms with E-state index in [2.05, 4.69) is 37.9 Å². The number of carbonyl (C=O) groups excluding carboxylic acids is 4. The zero-order valence-electron chi connectivity index (χ0n) is 19.1. The van der Waals surface area contributed by atoms with Crippen molar-refractivity contribution in [2.45, 2.75) is 39.0 Å². The van der Waals surface area contributed by atoms with Crippen LogP contribution in [0.2, 0.25) is 0 Å². The summed E-state index contributed by atoms with van der Waals surface area (Å²) in [6.07, 6.45) is 0.319. The third kappa shape index (κ3) is 12.7. The van der Waals surface area contributed by atoms with Gasteiger partial charge in [-0.2, -0.15) is 37.9 Å². The molecule has 0 aromatic carbocycles. The van der Waals surface area contributed by atoms with E-state index in [1.807, 2.05) is 0 Å². The fourth-order valence-electron chi connectivity index (χ4n) is 2.62. The molecule has 10 nitrogen and oxygen atoms in total. The molecule has 0 saturated heterocycles. The lowest BCUT2D eigenvalue weighted by Gasteiger charge is -2.30. The highest BCUT2D eigenvalue weighted by Gasteiger charge is 2.37. The third-order valence-corrected chi connectivity index (χ3v) is 7.03. The van der Waals surface area contributed by atoms with Gasteiger partial charge in [-0.05, 0) is 12.2 Å². The molecule has 0 aliphatic carbocycles. The summed E-state index contributed by atoms with van der Waals surface area (Å²) in [6.45, 7) is -0.291. The summed E-state index contributed by atoms with van der Waals surface area (Å²) in [6, 6.07) is 0. The molecule has 198 valence electrons. The van der Waals surface area contributed by atoms with Crippen molar-refractivity contribution < 1.29 is 46.9 Å². The Morgan fingerprint density at radius 2 is 1.32 bits per heavy atom. The normalized spacial score (nSPS) is 12.6. The number of thiol groups is 3. The topological polar surface area (TPSA) is 150 Å². The molecule has 0 fully saturated rings. The maximum atomic E-state index is 12.7. The van der Waals surface area contributed by atoms with Crippen LogP contribution in [0.15, 0.2) is 0 Å². The largest absolute Gasteiger partial charge is 0.465 e. The Morgan fingerprint density at radius 1 is 0.853 bits per heavy atom. The van der Waals surface area contributed by atoms with Crippen molar-refractivity contribution >= 4 is 70.7 Å². The van der Waals surface area contributed by atoms with Gasteiger partial charge in [0.05, 0.1) is 36.5 Å². The van der Waals surface area contributed by atoms with E-state index >= 15 is 0 Å². The van der Waals surface area contributed by atoms with E-state index in [1.54, 1.807) is 6.92 Å². The van der Waals surface area contributed by atoms with Crippen LogP contribution in [0.3, 0.4) is 0 Å². The van der Waals surface area contributed by atoms with Gasteiger partial charge in [-0.1, -0.05) is 13.3 Å². The summed E-state index contributed by atoms with van der Waals surface area (Å²) >= 11 is 11.7. The van der Waals surface area contributed by atoms with Gasteiger partial charge in [-0.3, -0.25) is 19.2 Å². The van der Waals surface area contributed by atoms with E-state index in [1.165, 1.54) is 0 Å². The fraction of sp³-hybridized carbons (Fsp3) is 0.800. The van der Waals surface area contributed by atoms with Gasteiger partial charge in [0.2, 0.25) is 15.0 Å². The summed E-state index contributed by atoms with van der Waals surface area (Å²) in [7, 11) is -4.19. The van der Waals surface area contributed by atoms with Gasteiger partial charge in [-0.15, -0.1) is 0 Å². The van der Waals surface area contributed by atoms with Gasteiger partial charge in [0.1, 0.15) is 19.8 Å². The van der Waals surface area contributed by atoms with Crippen LogP contribution < -0.4 is 0 Å².